The zero-order chi connectivity index (χ0) is 7.84. The van der Waals surface area contributed by atoms with Crippen LogP contribution in [-0.4, -0.2) is 10.2 Å². The van der Waals surface area contributed by atoms with E-state index in [-0.39, 0.29) is 0 Å². The summed E-state index contributed by atoms with van der Waals surface area (Å²) in [7, 11) is 3.63. The molecule has 0 bridgehead atoms. The summed E-state index contributed by atoms with van der Waals surface area (Å²) in [4.78, 5) is 0. The van der Waals surface area contributed by atoms with Crippen molar-refractivity contribution in [3.8, 4) is 0 Å². The Morgan fingerprint density at radius 2 is 2.18 bits per heavy atom. The summed E-state index contributed by atoms with van der Waals surface area (Å²) in [6.45, 7) is 2.12. The quantitative estimate of drug-likeness (QED) is 0.507. The average Bonchev–Trinajstić information content (AvgIpc) is 2.33. The van der Waals surface area contributed by atoms with E-state index in [9.17, 15) is 0 Å². The van der Waals surface area contributed by atoms with Crippen LogP contribution in [0.2, 0.25) is 0 Å². The molecule has 1 aromatic carbocycles. The first kappa shape index (κ1) is 6.86. The lowest BCUT2D eigenvalue weighted by molar-refractivity contribution is 1.23. The van der Waals surface area contributed by atoms with Crippen molar-refractivity contribution in [2.45, 2.75) is 12.5 Å². The second-order valence-electron chi connectivity index (χ2n) is 2.97. The normalized spacial score (nSPS) is 20.4. The summed E-state index contributed by atoms with van der Waals surface area (Å²) < 4.78 is 0. The molecule has 0 amide bonds. The Hall–Kier alpha value is -0.823. The van der Waals surface area contributed by atoms with Gasteiger partial charge >= 0.3 is 0 Å². The predicted octanol–water partition coefficient (Wildman–Crippen LogP) is 2.23. The van der Waals surface area contributed by atoms with Gasteiger partial charge in [-0.15, -0.1) is 0 Å². The molecule has 0 nitrogen and oxygen atoms in total. The van der Waals surface area contributed by atoms with Gasteiger partial charge in [-0.2, -0.15) is 0 Å². The van der Waals surface area contributed by atoms with E-state index in [0.717, 1.165) is 0 Å². The topological polar surface area (TPSA) is 0 Å². The molecular weight excluding hydrogens is 148 g/mol. The molecule has 1 aliphatic rings. The Kier molecular flexibility index (Phi) is 1.46. The summed E-state index contributed by atoms with van der Waals surface area (Å²) in [6.07, 6.45) is 4.33. The molecule has 1 atom stereocenters. The van der Waals surface area contributed by atoms with Gasteiger partial charge in [0.05, 0.1) is 0 Å². The first-order valence-corrected chi connectivity index (χ1v) is 4.35. The van der Waals surface area contributed by atoms with Crippen LogP contribution in [0.3, 0.4) is 0 Å². The van der Waals surface area contributed by atoms with Crippen molar-refractivity contribution >= 4 is 16.3 Å². The monoisotopic (exact) mass is 157 g/mol. The minimum absolute atomic E-state index is 0.421. The predicted molar refractivity (Wildman–Crippen MR) is 48.7 cm³/mol. The van der Waals surface area contributed by atoms with Crippen LogP contribution in [-0.2, 0) is 0 Å². The van der Waals surface area contributed by atoms with Gasteiger partial charge in [-0.3, -0.25) is 0 Å². The van der Waals surface area contributed by atoms with E-state index in [2.05, 4.69) is 47.5 Å². The highest BCUT2D eigenvalue weighted by molar-refractivity contribution is 6.15. The van der Waals surface area contributed by atoms with Gasteiger partial charge in [0.25, 0.3) is 0 Å². The highest BCUT2D eigenvalue weighted by atomic mass is 28.1. The van der Waals surface area contributed by atoms with E-state index in [0.29, 0.717) is 5.54 Å². The van der Waals surface area contributed by atoms with Gasteiger partial charge in [0.1, 0.15) is 0 Å². The third-order valence-corrected chi connectivity index (χ3v) is 2.55. The Balaban J connectivity index is 2.58. The van der Waals surface area contributed by atoms with E-state index in [1.54, 1.807) is 0 Å². The maximum Gasteiger partial charge on any atom is 0.0388 e. The van der Waals surface area contributed by atoms with Crippen LogP contribution in [0.4, 0.5) is 0 Å². The second-order valence-corrected chi connectivity index (χ2v) is 3.59. The molecule has 11 heavy (non-hydrogen) atoms. The van der Waals surface area contributed by atoms with Crippen LogP contribution in [0.15, 0.2) is 24.3 Å². The highest BCUT2D eigenvalue weighted by Crippen LogP contribution is 2.27. The van der Waals surface area contributed by atoms with Crippen LogP contribution >= 0.6 is 0 Å². The maximum absolute atomic E-state index is 3.63. The first-order valence-electron chi connectivity index (χ1n) is 3.77. The van der Waals surface area contributed by atoms with E-state index in [1.807, 2.05) is 0 Å². The summed E-state index contributed by atoms with van der Waals surface area (Å²) in [5.74, 6) is 0. The lowest BCUT2D eigenvalue weighted by Gasteiger charge is -2.04. The van der Waals surface area contributed by atoms with Crippen LogP contribution in [0.25, 0.3) is 6.08 Å². The third-order valence-electron chi connectivity index (χ3n) is 2.05. The fourth-order valence-corrected chi connectivity index (χ4v) is 1.77. The van der Waals surface area contributed by atoms with Crippen molar-refractivity contribution in [1.82, 2.24) is 0 Å². The number of rotatable bonds is 0. The molecule has 0 spiro atoms. The molecule has 0 aliphatic heterocycles. The number of hydrogen-bond acceptors (Lipinski definition) is 0. The molecule has 1 heteroatoms. The van der Waals surface area contributed by atoms with Gasteiger partial charge < -0.3 is 0 Å². The highest BCUT2D eigenvalue weighted by Gasteiger charge is 2.11. The van der Waals surface area contributed by atoms with Gasteiger partial charge in [0, 0.05) is 10.2 Å². The number of aryl methyl sites for hydroxylation is 1. The number of hydrogen-bond donors (Lipinski definition) is 0. The molecule has 2 rings (SSSR count). The molecule has 0 N–H and O–H groups in total. The minimum Gasteiger partial charge on any atom is -0.0800 e. The van der Waals surface area contributed by atoms with Crippen molar-refractivity contribution in [3.63, 3.8) is 0 Å². The lowest BCUT2D eigenvalue weighted by atomic mass is 10.1. The van der Waals surface area contributed by atoms with E-state index < -0.39 is 0 Å². The summed E-state index contributed by atoms with van der Waals surface area (Å²) in [5, 5.41) is 0. The van der Waals surface area contributed by atoms with Crippen LogP contribution in [0, 0.1) is 6.92 Å². The molecule has 0 saturated carbocycles. The van der Waals surface area contributed by atoms with Crippen molar-refractivity contribution in [2.24, 2.45) is 0 Å². The number of benzene rings is 1. The van der Waals surface area contributed by atoms with Gasteiger partial charge in [0.15, 0.2) is 0 Å². The fourth-order valence-electron chi connectivity index (χ4n) is 1.42. The summed E-state index contributed by atoms with van der Waals surface area (Å²) >= 11 is 0. The molecule has 0 heterocycles. The smallest absolute Gasteiger partial charge is 0.0388 e. The van der Waals surface area contributed by atoms with E-state index in [1.165, 1.54) is 16.7 Å². The Bertz CT molecular complexity index is 313. The van der Waals surface area contributed by atoms with Gasteiger partial charge in [-0.1, -0.05) is 35.9 Å². The average molecular weight is 157 g/mol. The van der Waals surface area contributed by atoms with Crippen LogP contribution in [0.5, 0.6) is 0 Å². The summed E-state index contributed by atoms with van der Waals surface area (Å²) in [5.41, 5.74) is 4.48. The molecule has 0 fully saturated rings. The molecule has 1 unspecified atom stereocenters. The zero-order valence-electron chi connectivity index (χ0n) is 6.46. The van der Waals surface area contributed by atoms with E-state index in [4.69, 9.17) is 0 Å². The molecule has 53 valence electrons. The van der Waals surface area contributed by atoms with Gasteiger partial charge in [0.2, 0.25) is 0 Å². The number of fused-ring (bicyclic) bond motifs is 1. The molecule has 3 radical (unpaired) electrons. The van der Waals surface area contributed by atoms with E-state index >= 15 is 0 Å². The van der Waals surface area contributed by atoms with Gasteiger partial charge in [-0.05, 0) is 23.6 Å². The SMILES string of the molecule is Cc1ccc2c(c1)C([Si])C=C2. The van der Waals surface area contributed by atoms with Gasteiger partial charge in [-0.25, -0.2) is 0 Å². The van der Waals surface area contributed by atoms with Crippen molar-refractivity contribution in [2.75, 3.05) is 0 Å². The largest absolute Gasteiger partial charge is 0.0800 e. The summed E-state index contributed by atoms with van der Waals surface area (Å²) in [6, 6.07) is 6.54. The number of allylic oxidation sites excluding steroid dienone is 1. The van der Waals surface area contributed by atoms with Crippen LogP contribution < -0.4 is 0 Å². The zero-order valence-corrected chi connectivity index (χ0v) is 7.46. The molecule has 1 aliphatic carbocycles. The first-order chi connectivity index (χ1) is 5.27. The lowest BCUT2D eigenvalue weighted by Crippen LogP contribution is -1.91. The minimum atomic E-state index is 0.421. The standard InChI is InChI=1S/C10H9Si/c1-7-2-3-8-4-5-10(11)9(8)6-7/h2-6,10H,1H3. The molecule has 0 aromatic heterocycles. The fraction of sp³-hybridized carbons (Fsp3) is 0.200. The van der Waals surface area contributed by atoms with Crippen LogP contribution in [0.1, 0.15) is 22.2 Å². The van der Waals surface area contributed by atoms with Crippen molar-refractivity contribution < 1.29 is 0 Å². The second kappa shape index (κ2) is 2.34. The molecule has 0 saturated heterocycles. The molecule has 1 aromatic rings. The Morgan fingerprint density at radius 1 is 1.36 bits per heavy atom. The third kappa shape index (κ3) is 1.05. The van der Waals surface area contributed by atoms with Crippen molar-refractivity contribution in [3.05, 3.63) is 41.0 Å². The van der Waals surface area contributed by atoms with Crippen molar-refractivity contribution in [1.29, 1.82) is 0 Å². The molecular formula is C10H9Si. The Morgan fingerprint density at radius 3 is 3.00 bits per heavy atom. The Labute approximate surface area is 70.4 Å². The maximum atomic E-state index is 3.63.